The first-order valence-corrected chi connectivity index (χ1v) is 11.2. The van der Waals surface area contributed by atoms with Crippen LogP contribution in [0.3, 0.4) is 0 Å². The van der Waals surface area contributed by atoms with Crippen LogP contribution in [0.5, 0.6) is 0 Å². The van der Waals surface area contributed by atoms with E-state index in [0.29, 0.717) is 38.1 Å². The van der Waals surface area contributed by atoms with Crippen molar-refractivity contribution in [2.75, 3.05) is 41.7 Å². The van der Waals surface area contributed by atoms with Crippen LogP contribution in [0.15, 0.2) is 12.3 Å². The summed E-state index contributed by atoms with van der Waals surface area (Å²) in [5.74, 6) is 0.445. The summed E-state index contributed by atoms with van der Waals surface area (Å²) in [5, 5.41) is 0. The molecular formula is C21H24F3N7O2. The smallest absolute Gasteiger partial charge is 0.384 e. The molecule has 2 aromatic heterocycles. The molecule has 0 spiro atoms. The van der Waals surface area contributed by atoms with E-state index < -0.39 is 11.7 Å². The SMILES string of the molecule is Nc1cc(C(F)(F)F)c(-c2nc(N3CC4CCC(C3)O4)nc(N3CC4CCC(C3)O4)n2)cn1. The van der Waals surface area contributed by atoms with Crippen molar-refractivity contribution in [1.82, 2.24) is 19.9 Å². The lowest BCUT2D eigenvalue weighted by Crippen LogP contribution is -2.45. The number of aromatic nitrogens is 4. The summed E-state index contributed by atoms with van der Waals surface area (Å²) >= 11 is 0. The number of hydrogen-bond donors (Lipinski definition) is 1. The largest absolute Gasteiger partial charge is 0.417 e. The van der Waals surface area contributed by atoms with Gasteiger partial charge in [0.15, 0.2) is 5.82 Å². The standard InChI is InChI=1S/C21H24F3N7O2/c22-21(23,24)16-5-17(25)26-6-15(16)18-27-19(30-7-11-1-2-12(8-30)32-11)29-20(28-18)31-9-13-3-4-14(10-31)33-13/h5-6,11-14H,1-4,7-10H2,(H2,25,26). The Morgan fingerprint density at radius 2 is 1.30 bits per heavy atom. The number of ether oxygens (including phenoxy) is 2. The number of nitrogens with zero attached hydrogens (tertiary/aromatic N) is 6. The minimum absolute atomic E-state index is 0.0625. The van der Waals surface area contributed by atoms with Gasteiger partial charge in [0, 0.05) is 32.4 Å². The fraction of sp³-hybridized carbons (Fsp3) is 0.619. The summed E-state index contributed by atoms with van der Waals surface area (Å²) in [6.45, 7) is 2.39. The van der Waals surface area contributed by atoms with Crippen molar-refractivity contribution in [3.63, 3.8) is 0 Å². The van der Waals surface area contributed by atoms with Crippen LogP contribution in [0.1, 0.15) is 31.2 Å². The summed E-state index contributed by atoms with van der Waals surface area (Å²) < 4.78 is 53.3. The molecule has 6 rings (SSSR count). The molecule has 4 atom stereocenters. The lowest BCUT2D eigenvalue weighted by atomic mass is 10.1. The second kappa shape index (κ2) is 7.66. The van der Waals surface area contributed by atoms with Crippen molar-refractivity contribution in [2.24, 2.45) is 0 Å². The van der Waals surface area contributed by atoms with Crippen LogP contribution in [0.2, 0.25) is 0 Å². The minimum Gasteiger partial charge on any atom is -0.384 e. The van der Waals surface area contributed by atoms with E-state index in [2.05, 4.69) is 15.0 Å². The zero-order valence-corrected chi connectivity index (χ0v) is 17.8. The third kappa shape index (κ3) is 3.95. The van der Waals surface area contributed by atoms with Crippen LogP contribution in [-0.2, 0) is 15.7 Å². The highest BCUT2D eigenvalue weighted by Gasteiger charge is 2.39. The van der Waals surface area contributed by atoms with Crippen LogP contribution in [0.25, 0.3) is 11.4 Å². The maximum Gasteiger partial charge on any atom is 0.417 e. The van der Waals surface area contributed by atoms with Gasteiger partial charge in [-0.1, -0.05) is 0 Å². The number of nitrogen functional groups attached to an aromatic ring is 1. The van der Waals surface area contributed by atoms with E-state index in [-0.39, 0.29) is 41.6 Å². The Morgan fingerprint density at radius 1 is 0.818 bits per heavy atom. The lowest BCUT2D eigenvalue weighted by Gasteiger charge is -2.34. The number of morpholine rings is 2. The van der Waals surface area contributed by atoms with E-state index in [1.54, 1.807) is 0 Å². The molecule has 4 saturated heterocycles. The van der Waals surface area contributed by atoms with E-state index in [0.717, 1.165) is 37.9 Å². The van der Waals surface area contributed by atoms with Crippen LogP contribution in [0, 0.1) is 0 Å². The van der Waals surface area contributed by atoms with Gasteiger partial charge in [0.05, 0.1) is 35.5 Å². The maximum atomic E-state index is 13.8. The summed E-state index contributed by atoms with van der Waals surface area (Å²) in [4.78, 5) is 21.6. The number of nitrogens with two attached hydrogens (primary N) is 1. The summed E-state index contributed by atoms with van der Waals surface area (Å²) in [5.41, 5.74) is 4.43. The second-order valence-electron chi connectivity index (χ2n) is 9.14. The van der Waals surface area contributed by atoms with Crippen LogP contribution in [0.4, 0.5) is 30.9 Å². The number of halogens is 3. The molecule has 2 aromatic rings. The Morgan fingerprint density at radius 3 is 1.76 bits per heavy atom. The molecular weight excluding hydrogens is 439 g/mol. The highest BCUT2D eigenvalue weighted by atomic mass is 19.4. The molecule has 0 radical (unpaired) electrons. The van der Waals surface area contributed by atoms with Crippen molar-refractivity contribution in [3.05, 3.63) is 17.8 Å². The van der Waals surface area contributed by atoms with E-state index in [9.17, 15) is 13.2 Å². The molecule has 12 heteroatoms. The first-order chi connectivity index (χ1) is 15.8. The molecule has 6 heterocycles. The lowest BCUT2D eigenvalue weighted by molar-refractivity contribution is -0.137. The Hall–Kier alpha value is -2.73. The summed E-state index contributed by atoms with van der Waals surface area (Å²) in [6, 6.07) is 0.822. The topological polar surface area (TPSA) is 103 Å². The van der Waals surface area contributed by atoms with Gasteiger partial charge >= 0.3 is 6.18 Å². The number of pyridine rings is 1. The average molecular weight is 463 g/mol. The Balaban J connectivity index is 1.44. The average Bonchev–Trinajstić information content (AvgIpc) is 3.31. The molecule has 4 aliphatic heterocycles. The third-order valence-corrected chi connectivity index (χ3v) is 6.74. The Bertz CT molecular complexity index is 996. The number of hydrogen-bond acceptors (Lipinski definition) is 9. The zero-order chi connectivity index (χ0) is 22.7. The van der Waals surface area contributed by atoms with Gasteiger partial charge in [-0.3, -0.25) is 0 Å². The van der Waals surface area contributed by atoms with Gasteiger partial charge in [-0.25, -0.2) is 4.98 Å². The summed E-state index contributed by atoms with van der Waals surface area (Å²) in [6.07, 6.45) is 0.607. The molecule has 176 valence electrons. The Kier molecular flexibility index (Phi) is 4.84. The fourth-order valence-electron chi connectivity index (χ4n) is 5.20. The van der Waals surface area contributed by atoms with Gasteiger partial charge in [-0.05, 0) is 31.7 Å². The zero-order valence-electron chi connectivity index (χ0n) is 17.8. The van der Waals surface area contributed by atoms with Crippen molar-refractivity contribution >= 4 is 17.7 Å². The summed E-state index contributed by atoms with van der Waals surface area (Å²) in [7, 11) is 0. The van der Waals surface area contributed by atoms with E-state index in [4.69, 9.17) is 20.2 Å². The van der Waals surface area contributed by atoms with Crippen LogP contribution < -0.4 is 15.5 Å². The van der Waals surface area contributed by atoms with Crippen LogP contribution in [-0.4, -0.2) is 70.5 Å². The molecule has 9 nitrogen and oxygen atoms in total. The van der Waals surface area contributed by atoms with Gasteiger partial charge in [0.2, 0.25) is 11.9 Å². The fourth-order valence-corrected chi connectivity index (χ4v) is 5.20. The van der Waals surface area contributed by atoms with Gasteiger partial charge < -0.3 is 25.0 Å². The maximum absolute atomic E-state index is 13.8. The highest BCUT2D eigenvalue weighted by Crippen LogP contribution is 2.38. The molecule has 4 aliphatic rings. The second-order valence-corrected chi connectivity index (χ2v) is 9.14. The normalized spacial score (nSPS) is 29.1. The number of alkyl halides is 3. The molecule has 0 saturated carbocycles. The predicted octanol–water partition coefficient (Wildman–Crippen LogP) is 2.27. The molecule has 0 aliphatic carbocycles. The van der Waals surface area contributed by atoms with Gasteiger partial charge in [-0.15, -0.1) is 0 Å². The number of rotatable bonds is 3. The quantitative estimate of drug-likeness (QED) is 0.734. The van der Waals surface area contributed by atoms with Gasteiger partial charge in [-0.2, -0.15) is 28.1 Å². The minimum atomic E-state index is -4.63. The van der Waals surface area contributed by atoms with Crippen molar-refractivity contribution in [2.45, 2.75) is 56.3 Å². The predicted molar refractivity (Wildman–Crippen MR) is 113 cm³/mol. The van der Waals surface area contributed by atoms with E-state index in [1.807, 2.05) is 9.80 Å². The van der Waals surface area contributed by atoms with Crippen molar-refractivity contribution in [1.29, 1.82) is 0 Å². The first-order valence-electron chi connectivity index (χ1n) is 11.2. The molecule has 4 fully saturated rings. The molecule has 4 unspecified atom stereocenters. The third-order valence-electron chi connectivity index (χ3n) is 6.74. The highest BCUT2D eigenvalue weighted by molar-refractivity contribution is 5.64. The van der Waals surface area contributed by atoms with Gasteiger partial charge in [0.25, 0.3) is 0 Å². The molecule has 0 amide bonds. The van der Waals surface area contributed by atoms with Crippen molar-refractivity contribution in [3.8, 4) is 11.4 Å². The van der Waals surface area contributed by atoms with E-state index >= 15 is 0 Å². The Labute approximate surface area is 188 Å². The monoisotopic (exact) mass is 463 g/mol. The van der Waals surface area contributed by atoms with E-state index in [1.165, 1.54) is 0 Å². The molecule has 2 N–H and O–H groups in total. The first kappa shape index (κ1) is 20.8. The number of anilines is 3. The van der Waals surface area contributed by atoms with Crippen molar-refractivity contribution < 1.29 is 22.6 Å². The number of fused-ring (bicyclic) bond motifs is 4. The molecule has 0 aromatic carbocycles. The molecule has 33 heavy (non-hydrogen) atoms. The molecule has 4 bridgehead atoms. The van der Waals surface area contributed by atoms with Crippen LogP contribution >= 0.6 is 0 Å². The van der Waals surface area contributed by atoms with Gasteiger partial charge in [0.1, 0.15) is 5.82 Å².